The molecule has 0 heterocycles. The van der Waals surface area contributed by atoms with Gasteiger partial charge in [0, 0.05) is 25.0 Å². The Morgan fingerprint density at radius 3 is 1.35 bits per heavy atom. The molecule has 0 spiro atoms. The number of ether oxygens (including phenoxy) is 2. The average molecular weight is 360 g/mol. The van der Waals surface area contributed by atoms with Gasteiger partial charge in [-0.2, -0.15) is 0 Å². The zero-order valence-electron chi connectivity index (χ0n) is 15.8. The van der Waals surface area contributed by atoms with Crippen LogP contribution in [-0.2, 0) is 19.1 Å². The minimum absolute atomic E-state index is 0.460. The van der Waals surface area contributed by atoms with Crippen LogP contribution in [-0.4, -0.2) is 23.1 Å². The van der Waals surface area contributed by atoms with Gasteiger partial charge in [0.25, 0.3) is 0 Å². The van der Waals surface area contributed by atoms with Crippen LogP contribution in [0, 0.1) is 0 Å². The van der Waals surface area contributed by atoms with Crippen LogP contribution in [0.25, 0.3) is 0 Å². The Kier molecular flexibility index (Phi) is 7.67. The fourth-order valence-corrected chi connectivity index (χ4v) is 4.24. The summed E-state index contributed by atoms with van der Waals surface area (Å²) in [5, 5.41) is 0. The third-order valence-corrected chi connectivity index (χ3v) is 5.55. The highest BCUT2D eigenvalue weighted by molar-refractivity contribution is 5.92. The van der Waals surface area contributed by atoms with Gasteiger partial charge in [-0.25, -0.2) is 9.59 Å². The molecule has 0 N–H and O–H groups in total. The highest BCUT2D eigenvalue weighted by Gasteiger charge is 2.35. The molecule has 4 heteroatoms. The molecule has 0 unspecified atom stereocenters. The molecule has 0 aromatic carbocycles. The average Bonchev–Trinajstić information content (AvgIpc) is 2.62. The number of hydrogen-bond donors (Lipinski definition) is 0. The summed E-state index contributed by atoms with van der Waals surface area (Å²) >= 11 is 0. The molecule has 0 bridgehead atoms. The molecule has 4 nitrogen and oxygen atoms in total. The first-order chi connectivity index (χ1) is 12.5. The minimum atomic E-state index is -0.480. The Hall–Kier alpha value is -1.84. The Balaban J connectivity index is 1.92. The van der Waals surface area contributed by atoms with E-state index < -0.39 is 23.1 Å². The van der Waals surface area contributed by atoms with Crippen LogP contribution < -0.4 is 0 Å². The Morgan fingerprint density at radius 2 is 1.04 bits per heavy atom. The first kappa shape index (κ1) is 20.5. The first-order valence-corrected chi connectivity index (χ1v) is 9.89. The second-order valence-electron chi connectivity index (χ2n) is 7.65. The van der Waals surface area contributed by atoms with Crippen molar-refractivity contribution in [3.8, 4) is 0 Å². The van der Waals surface area contributed by atoms with E-state index in [9.17, 15) is 9.59 Å². The maximum Gasteiger partial charge on any atom is 0.331 e. The molecular weight excluding hydrogens is 328 g/mol. The summed E-state index contributed by atoms with van der Waals surface area (Å²) in [6, 6.07) is 0. The lowest BCUT2D eigenvalue weighted by molar-refractivity contribution is -0.159. The van der Waals surface area contributed by atoms with Crippen LogP contribution in [0.2, 0.25) is 0 Å². The van der Waals surface area contributed by atoms with Crippen LogP contribution in [0.4, 0.5) is 0 Å². The molecule has 0 amide bonds. The van der Waals surface area contributed by atoms with Crippen molar-refractivity contribution in [3.63, 3.8) is 0 Å². The van der Waals surface area contributed by atoms with Gasteiger partial charge in [0.05, 0.1) is 0 Å². The van der Waals surface area contributed by atoms with Crippen molar-refractivity contribution in [2.24, 2.45) is 0 Å². The summed E-state index contributed by atoms with van der Waals surface area (Å²) in [6.07, 6.45) is 17.3. The van der Waals surface area contributed by atoms with E-state index in [0.717, 1.165) is 51.4 Å². The zero-order chi connectivity index (χ0) is 18.9. The molecule has 0 aromatic heterocycles. The fraction of sp³-hybridized carbons (Fsp3) is 0.636. The van der Waals surface area contributed by atoms with E-state index in [4.69, 9.17) is 9.47 Å². The van der Waals surface area contributed by atoms with Gasteiger partial charge in [0.15, 0.2) is 0 Å². The molecule has 0 radical (unpaired) electrons. The van der Waals surface area contributed by atoms with Crippen LogP contribution in [0.3, 0.4) is 0 Å². The Labute approximate surface area is 157 Å². The van der Waals surface area contributed by atoms with Gasteiger partial charge in [0.1, 0.15) is 11.2 Å². The van der Waals surface area contributed by atoms with Crippen LogP contribution in [0.15, 0.2) is 37.5 Å². The highest BCUT2D eigenvalue weighted by atomic mass is 16.6. The van der Waals surface area contributed by atoms with Crippen molar-refractivity contribution < 1.29 is 19.1 Å². The third-order valence-electron chi connectivity index (χ3n) is 5.55. The summed E-state index contributed by atoms with van der Waals surface area (Å²) in [4.78, 5) is 24.5. The molecule has 2 fully saturated rings. The van der Waals surface area contributed by atoms with E-state index in [1.807, 2.05) is 0 Å². The lowest BCUT2D eigenvalue weighted by Gasteiger charge is -2.36. The molecule has 144 valence electrons. The molecule has 0 saturated heterocycles. The molecule has 0 atom stereocenters. The van der Waals surface area contributed by atoms with E-state index in [2.05, 4.69) is 13.2 Å². The van der Waals surface area contributed by atoms with E-state index in [1.54, 1.807) is 12.2 Å². The van der Waals surface area contributed by atoms with Gasteiger partial charge in [0.2, 0.25) is 0 Å². The summed E-state index contributed by atoms with van der Waals surface area (Å²) in [6.45, 7) is 7.56. The van der Waals surface area contributed by atoms with Crippen molar-refractivity contribution in [1.82, 2.24) is 0 Å². The SMILES string of the molecule is C=CCC1(OC(=O)/C=C/C(=O)OC2(CC=C)CCCCC2)CCCCC1. The predicted molar refractivity (Wildman–Crippen MR) is 103 cm³/mol. The predicted octanol–water partition coefficient (Wildman–Crippen LogP) is 5.19. The standard InChI is InChI=1S/C22H32O4/c1-3-13-21(15-7-5-8-16-21)25-19(23)11-12-20(24)26-22(14-4-2)17-9-6-10-18-22/h3-4,11-12H,1-2,5-10,13-18H2/b12-11+. The van der Waals surface area contributed by atoms with Crippen LogP contribution in [0.1, 0.15) is 77.0 Å². The van der Waals surface area contributed by atoms with Crippen molar-refractivity contribution in [2.75, 3.05) is 0 Å². The number of rotatable bonds is 8. The smallest absolute Gasteiger partial charge is 0.331 e. The molecule has 0 aromatic rings. The maximum absolute atomic E-state index is 12.2. The second-order valence-corrected chi connectivity index (χ2v) is 7.65. The number of carbonyl (C=O) groups is 2. The largest absolute Gasteiger partial charge is 0.456 e. The molecule has 26 heavy (non-hydrogen) atoms. The topological polar surface area (TPSA) is 52.6 Å². The third kappa shape index (κ3) is 5.86. The number of hydrogen-bond acceptors (Lipinski definition) is 4. The molecule has 2 aliphatic carbocycles. The lowest BCUT2D eigenvalue weighted by atomic mass is 9.82. The summed E-state index contributed by atoms with van der Waals surface area (Å²) < 4.78 is 11.4. The van der Waals surface area contributed by atoms with Gasteiger partial charge < -0.3 is 9.47 Å². The van der Waals surface area contributed by atoms with E-state index in [1.165, 1.54) is 25.0 Å². The molecular formula is C22H32O4. The van der Waals surface area contributed by atoms with Crippen LogP contribution in [0.5, 0.6) is 0 Å². The molecule has 2 aliphatic rings. The molecule has 2 saturated carbocycles. The van der Waals surface area contributed by atoms with Crippen molar-refractivity contribution in [1.29, 1.82) is 0 Å². The first-order valence-electron chi connectivity index (χ1n) is 9.89. The quantitative estimate of drug-likeness (QED) is 0.340. The van der Waals surface area contributed by atoms with Gasteiger partial charge in [-0.1, -0.05) is 25.0 Å². The summed E-state index contributed by atoms with van der Waals surface area (Å²) in [5.41, 5.74) is -0.919. The van der Waals surface area contributed by atoms with Crippen molar-refractivity contribution in [3.05, 3.63) is 37.5 Å². The highest BCUT2D eigenvalue weighted by Crippen LogP contribution is 2.36. The van der Waals surface area contributed by atoms with Gasteiger partial charge in [-0.05, 0) is 51.4 Å². The Bertz CT molecular complexity index is 486. The lowest BCUT2D eigenvalue weighted by Crippen LogP contribution is -2.37. The minimum Gasteiger partial charge on any atom is -0.456 e. The zero-order valence-corrected chi connectivity index (χ0v) is 15.8. The summed E-state index contributed by atoms with van der Waals surface area (Å²) in [7, 11) is 0. The summed E-state index contributed by atoms with van der Waals surface area (Å²) in [5.74, 6) is -0.959. The van der Waals surface area contributed by atoms with E-state index in [0.29, 0.717) is 12.8 Å². The molecule has 2 rings (SSSR count). The van der Waals surface area contributed by atoms with Gasteiger partial charge in [-0.15, -0.1) is 13.2 Å². The normalized spacial score (nSPS) is 21.7. The number of carbonyl (C=O) groups excluding carboxylic acids is 2. The second kappa shape index (κ2) is 9.75. The number of esters is 2. The monoisotopic (exact) mass is 360 g/mol. The van der Waals surface area contributed by atoms with Gasteiger partial charge >= 0.3 is 11.9 Å². The Morgan fingerprint density at radius 1 is 0.692 bits per heavy atom. The van der Waals surface area contributed by atoms with Crippen molar-refractivity contribution in [2.45, 2.75) is 88.3 Å². The molecule has 0 aliphatic heterocycles. The van der Waals surface area contributed by atoms with E-state index in [-0.39, 0.29) is 0 Å². The fourth-order valence-electron chi connectivity index (χ4n) is 4.24. The van der Waals surface area contributed by atoms with Crippen molar-refractivity contribution >= 4 is 11.9 Å². The van der Waals surface area contributed by atoms with Gasteiger partial charge in [-0.3, -0.25) is 0 Å². The maximum atomic E-state index is 12.2. The van der Waals surface area contributed by atoms with Crippen LogP contribution >= 0.6 is 0 Å². The van der Waals surface area contributed by atoms with E-state index >= 15 is 0 Å².